The maximum atomic E-state index is 12.3. The van der Waals surface area contributed by atoms with Gasteiger partial charge in [-0.3, -0.25) is 4.79 Å². The number of fused-ring (bicyclic) bond motifs is 2. The lowest BCUT2D eigenvalue weighted by molar-refractivity contribution is -0.132. The van der Waals surface area contributed by atoms with E-state index in [9.17, 15) is 9.90 Å². The zero-order chi connectivity index (χ0) is 13.6. The van der Waals surface area contributed by atoms with Gasteiger partial charge >= 0.3 is 0 Å². The van der Waals surface area contributed by atoms with E-state index in [-0.39, 0.29) is 12.0 Å². The van der Waals surface area contributed by atoms with Gasteiger partial charge in [-0.25, -0.2) is 0 Å². The van der Waals surface area contributed by atoms with E-state index >= 15 is 0 Å². The first-order chi connectivity index (χ1) is 8.21. The van der Waals surface area contributed by atoms with E-state index in [2.05, 4.69) is 25.7 Å². The molecule has 2 rings (SSSR count). The molecule has 1 amide bonds. The molecule has 2 aliphatic rings. The quantitative estimate of drug-likeness (QED) is 0.840. The smallest absolute Gasteiger partial charge is 0.222 e. The van der Waals surface area contributed by atoms with Crippen LogP contribution < -0.4 is 0 Å². The van der Waals surface area contributed by atoms with Crippen molar-refractivity contribution < 1.29 is 9.90 Å². The molecule has 3 nitrogen and oxygen atoms in total. The average molecular weight is 253 g/mol. The summed E-state index contributed by atoms with van der Waals surface area (Å²) in [5, 5.41) is 9.29. The molecule has 3 heteroatoms. The highest BCUT2D eigenvalue weighted by molar-refractivity contribution is 5.77. The zero-order valence-electron chi connectivity index (χ0n) is 12.2. The first-order valence-corrected chi connectivity index (χ1v) is 7.18. The van der Waals surface area contributed by atoms with Crippen LogP contribution >= 0.6 is 0 Å². The summed E-state index contributed by atoms with van der Waals surface area (Å²) in [4.78, 5) is 14.4. The summed E-state index contributed by atoms with van der Waals surface area (Å²) >= 11 is 0. The van der Waals surface area contributed by atoms with Crippen molar-refractivity contribution in [3.63, 3.8) is 0 Å². The molecule has 3 unspecified atom stereocenters. The van der Waals surface area contributed by atoms with Crippen LogP contribution in [-0.2, 0) is 4.79 Å². The molecule has 1 aliphatic carbocycles. The largest absolute Gasteiger partial charge is 0.393 e. The SMILES string of the molecule is CC(O)CCC(=O)N1CC2(C)CC1CC(C)(C)C2. The fraction of sp³-hybridized carbons (Fsp3) is 0.933. The second-order valence-electron chi connectivity index (χ2n) is 7.62. The topological polar surface area (TPSA) is 40.5 Å². The third-order valence-electron chi connectivity index (χ3n) is 4.51. The van der Waals surface area contributed by atoms with Crippen molar-refractivity contribution in [2.45, 2.75) is 71.9 Å². The van der Waals surface area contributed by atoms with Crippen molar-refractivity contribution in [3.8, 4) is 0 Å². The van der Waals surface area contributed by atoms with Crippen LogP contribution in [0.5, 0.6) is 0 Å². The van der Waals surface area contributed by atoms with Gasteiger partial charge in [0.2, 0.25) is 5.91 Å². The van der Waals surface area contributed by atoms with Crippen LogP contribution in [-0.4, -0.2) is 34.6 Å². The third-order valence-corrected chi connectivity index (χ3v) is 4.51. The Balaban J connectivity index is 2.02. The van der Waals surface area contributed by atoms with Gasteiger partial charge in [-0.1, -0.05) is 20.8 Å². The summed E-state index contributed by atoms with van der Waals surface area (Å²) < 4.78 is 0. The highest BCUT2D eigenvalue weighted by Crippen LogP contribution is 2.52. The van der Waals surface area contributed by atoms with Crippen molar-refractivity contribution in [2.24, 2.45) is 10.8 Å². The minimum Gasteiger partial charge on any atom is -0.393 e. The van der Waals surface area contributed by atoms with Gasteiger partial charge in [-0.15, -0.1) is 0 Å². The van der Waals surface area contributed by atoms with Gasteiger partial charge in [-0.2, -0.15) is 0 Å². The monoisotopic (exact) mass is 253 g/mol. The van der Waals surface area contributed by atoms with Crippen LogP contribution in [0.1, 0.15) is 59.8 Å². The number of carbonyl (C=O) groups is 1. The predicted octanol–water partition coefficient (Wildman–Crippen LogP) is 2.57. The summed E-state index contributed by atoms with van der Waals surface area (Å²) in [6.07, 6.45) is 4.21. The molecule has 3 atom stereocenters. The molecule has 0 aromatic heterocycles. The van der Waals surface area contributed by atoms with Crippen LogP contribution in [0.3, 0.4) is 0 Å². The van der Waals surface area contributed by atoms with Gasteiger partial charge in [-0.05, 0) is 43.4 Å². The van der Waals surface area contributed by atoms with E-state index in [0.717, 1.165) is 19.4 Å². The molecule has 2 bridgehead atoms. The number of nitrogens with zero attached hydrogens (tertiary/aromatic N) is 1. The van der Waals surface area contributed by atoms with Crippen molar-refractivity contribution in [1.29, 1.82) is 0 Å². The van der Waals surface area contributed by atoms with Gasteiger partial charge < -0.3 is 10.0 Å². The van der Waals surface area contributed by atoms with Crippen molar-refractivity contribution in [3.05, 3.63) is 0 Å². The Labute approximate surface area is 111 Å². The maximum Gasteiger partial charge on any atom is 0.222 e. The van der Waals surface area contributed by atoms with E-state index in [1.54, 1.807) is 6.92 Å². The number of rotatable bonds is 3. The van der Waals surface area contributed by atoms with E-state index in [4.69, 9.17) is 0 Å². The number of aliphatic hydroxyl groups excluding tert-OH is 1. The van der Waals surface area contributed by atoms with Gasteiger partial charge in [0, 0.05) is 19.0 Å². The van der Waals surface area contributed by atoms with E-state index in [1.807, 2.05) is 0 Å². The molecule has 0 aromatic carbocycles. The van der Waals surface area contributed by atoms with Gasteiger partial charge in [0.15, 0.2) is 0 Å². The second-order valence-corrected chi connectivity index (χ2v) is 7.62. The molecule has 1 aliphatic heterocycles. The fourth-order valence-electron chi connectivity index (χ4n) is 4.23. The molecule has 0 radical (unpaired) electrons. The van der Waals surface area contributed by atoms with Gasteiger partial charge in [0.25, 0.3) is 0 Å². The summed E-state index contributed by atoms with van der Waals surface area (Å²) in [6.45, 7) is 9.63. The van der Waals surface area contributed by atoms with Crippen LogP contribution in [0.25, 0.3) is 0 Å². The van der Waals surface area contributed by atoms with Crippen molar-refractivity contribution in [1.82, 2.24) is 4.90 Å². The summed E-state index contributed by atoms with van der Waals surface area (Å²) in [5.41, 5.74) is 0.671. The van der Waals surface area contributed by atoms with E-state index < -0.39 is 0 Å². The normalized spacial score (nSPS) is 35.6. The lowest BCUT2D eigenvalue weighted by Crippen LogP contribution is -2.37. The minimum absolute atomic E-state index is 0.238. The van der Waals surface area contributed by atoms with Crippen LogP contribution in [0.15, 0.2) is 0 Å². The Bertz CT molecular complexity index is 337. The number of aliphatic hydroxyl groups is 1. The molecule has 0 spiro atoms. The minimum atomic E-state index is -0.372. The molecule has 104 valence electrons. The lowest BCUT2D eigenvalue weighted by atomic mass is 9.65. The number of hydrogen-bond donors (Lipinski definition) is 1. The molecule has 1 saturated carbocycles. The first-order valence-electron chi connectivity index (χ1n) is 7.18. The fourth-order valence-corrected chi connectivity index (χ4v) is 4.23. The molecular formula is C15H27NO2. The summed E-state index contributed by atoms with van der Waals surface area (Å²) in [7, 11) is 0. The molecule has 1 N–H and O–H groups in total. The first kappa shape index (κ1) is 13.9. The summed E-state index contributed by atoms with van der Waals surface area (Å²) in [6, 6.07) is 0.431. The average Bonchev–Trinajstić information content (AvgIpc) is 2.44. The third kappa shape index (κ3) is 2.87. The van der Waals surface area contributed by atoms with Crippen molar-refractivity contribution in [2.75, 3.05) is 6.54 Å². The molecule has 0 aromatic rings. The molecule has 2 fully saturated rings. The molecule has 1 saturated heterocycles. The van der Waals surface area contributed by atoms with E-state index in [0.29, 0.717) is 29.7 Å². The lowest BCUT2D eigenvalue weighted by Gasteiger charge is -2.39. The number of likely N-dealkylation sites (tertiary alicyclic amines) is 1. The van der Waals surface area contributed by atoms with Gasteiger partial charge in [0.1, 0.15) is 0 Å². The Kier molecular flexibility index (Phi) is 3.48. The number of carbonyl (C=O) groups excluding carboxylic acids is 1. The van der Waals surface area contributed by atoms with Crippen molar-refractivity contribution >= 4 is 5.91 Å². The Morgan fingerprint density at radius 1 is 1.39 bits per heavy atom. The Morgan fingerprint density at radius 2 is 2.06 bits per heavy atom. The molecule has 1 heterocycles. The van der Waals surface area contributed by atoms with Crippen LogP contribution in [0.2, 0.25) is 0 Å². The number of hydrogen-bond acceptors (Lipinski definition) is 2. The molecular weight excluding hydrogens is 226 g/mol. The predicted molar refractivity (Wildman–Crippen MR) is 72.2 cm³/mol. The second kappa shape index (κ2) is 4.52. The maximum absolute atomic E-state index is 12.3. The zero-order valence-corrected chi connectivity index (χ0v) is 12.2. The van der Waals surface area contributed by atoms with E-state index in [1.165, 1.54) is 6.42 Å². The standard InChI is InChI=1S/C15H27NO2/c1-11(17)5-6-13(18)16-10-15(4)8-12(16)7-14(2,3)9-15/h11-12,17H,5-10H2,1-4H3. The molecule has 18 heavy (non-hydrogen) atoms. The van der Waals surface area contributed by atoms with Gasteiger partial charge in [0.05, 0.1) is 6.10 Å². The summed E-state index contributed by atoms with van der Waals surface area (Å²) in [5.74, 6) is 0.238. The van der Waals surface area contributed by atoms with Crippen LogP contribution in [0, 0.1) is 10.8 Å². The number of amides is 1. The Hall–Kier alpha value is -0.570. The highest BCUT2D eigenvalue weighted by Gasteiger charge is 2.50. The Morgan fingerprint density at radius 3 is 2.67 bits per heavy atom. The highest BCUT2D eigenvalue weighted by atomic mass is 16.3. The van der Waals surface area contributed by atoms with Crippen LogP contribution in [0.4, 0.5) is 0 Å².